The maximum Gasteiger partial charge on any atom is 0.220 e. The monoisotopic (exact) mass is 922 g/mol. The van der Waals surface area contributed by atoms with Crippen LogP contribution in [-0.2, 0) is 14.3 Å². The van der Waals surface area contributed by atoms with Crippen LogP contribution in [0.5, 0.6) is 0 Å². The van der Waals surface area contributed by atoms with Gasteiger partial charge >= 0.3 is 0 Å². The van der Waals surface area contributed by atoms with Crippen LogP contribution in [0.4, 0.5) is 0 Å². The summed E-state index contributed by atoms with van der Waals surface area (Å²) < 4.78 is 11.3. The minimum Gasteiger partial charge on any atom is -0.394 e. The molecule has 7 unspecified atom stereocenters. The maximum absolute atomic E-state index is 13.0. The van der Waals surface area contributed by atoms with Gasteiger partial charge in [0.05, 0.1) is 25.4 Å². The first-order valence-corrected chi connectivity index (χ1v) is 28.1. The van der Waals surface area contributed by atoms with Gasteiger partial charge in [-0.05, 0) is 44.9 Å². The van der Waals surface area contributed by atoms with Crippen molar-refractivity contribution in [2.45, 2.75) is 314 Å². The molecular formula is C56H107NO8. The number of unbranched alkanes of at least 4 members (excludes halogenated alkanes) is 36. The molecule has 9 nitrogen and oxygen atoms in total. The second-order valence-corrected chi connectivity index (χ2v) is 19.7. The lowest BCUT2D eigenvalue weighted by molar-refractivity contribution is -0.302. The molecule has 1 aliphatic heterocycles. The molecule has 0 aromatic carbocycles. The first-order valence-electron chi connectivity index (χ1n) is 28.1. The van der Waals surface area contributed by atoms with Gasteiger partial charge < -0.3 is 40.3 Å². The Hall–Kier alpha value is -1.33. The topological polar surface area (TPSA) is 149 Å². The highest BCUT2D eigenvalue weighted by molar-refractivity contribution is 5.76. The lowest BCUT2D eigenvalue weighted by atomic mass is 9.99. The van der Waals surface area contributed by atoms with Crippen molar-refractivity contribution in [2.24, 2.45) is 0 Å². The zero-order valence-electron chi connectivity index (χ0n) is 42.5. The summed E-state index contributed by atoms with van der Waals surface area (Å²) in [5, 5.41) is 54.5. The lowest BCUT2D eigenvalue weighted by Crippen LogP contribution is -2.60. The van der Waals surface area contributed by atoms with Gasteiger partial charge in [0, 0.05) is 6.42 Å². The molecule has 1 heterocycles. The number of rotatable bonds is 48. The Balaban J connectivity index is 2.25. The molecule has 1 rings (SSSR count). The van der Waals surface area contributed by atoms with Gasteiger partial charge in [0.25, 0.3) is 0 Å². The molecule has 9 heteroatoms. The molecule has 7 atom stereocenters. The lowest BCUT2D eigenvalue weighted by Gasteiger charge is -2.40. The number of hydrogen-bond donors (Lipinski definition) is 6. The van der Waals surface area contributed by atoms with Gasteiger partial charge in [-0.15, -0.1) is 0 Å². The molecule has 0 bridgehead atoms. The Morgan fingerprint density at radius 1 is 0.508 bits per heavy atom. The number of amides is 1. The van der Waals surface area contributed by atoms with Gasteiger partial charge in [-0.1, -0.05) is 244 Å². The summed E-state index contributed by atoms with van der Waals surface area (Å²) in [5.41, 5.74) is 0. The molecule has 0 saturated carbocycles. The maximum atomic E-state index is 13.0. The van der Waals surface area contributed by atoms with E-state index in [1.807, 2.05) is 6.08 Å². The van der Waals surface area contributed by atoms with E-state index in [0.29, 0.717) is 6.42 Å². The normalized spacial score (nSPS) is 20.0. The van der Waals surface area contributed by atoms with Crippen molar-refractivity contribution in [3.05, 3.63) is 24.3 Å². The van der Waals surface area contributed by atoms with Crippen LogP contribution < -0.4 is 5.32 Å². The number of carbonyl (C=O) groups excluding carboxylic acids is 1. The summed E-state index contributed by atoms with van der Waals surface area (Å²) in [6, 6.07) is -0.804. The average Bonchev–Trinajstić information content (AvgIpc) is 3.31. The Morgan fingerprint density at radius 3 is 1.25 bits per heavy atom. The van der Waals surface area contributed by atoms with Gasteiger partial charge in [0.1, 0.15) is 24.4 Å². The molecule has 1 amide bonds. The van der Waals surface area contributed by atoms with Crippen LogP contribution >= 0.6 is 0 Å². The minimum absolute atomic E-state index is 0.175. The molecule has 1 aliphatic rings. The smallest absolute Gasteiger partial charge is 0.220 e. The first-order chi connectivity index (χ1) is 31.8. The number of allylic oxidation sites excluding steroid dienone is 3. The van der Waals surface area contributed by atoms with Crippen LogP contribution in [0.1, 0.15) is 271 Å². The predicted molar refractivity (Wildman–Crippen MR) is 272 cm³/mol. The van der Waals surface area contributed by atoms with E-state index in [1.165, 1.54) is 212 Å². The zero-order valence-corrected chi connectivity index (χ0v) is 42.5. The molecular weight excluding hydrogens is 815 g/mol. The summed E-state index contributed by atoms with van der Waals surface area (Å²) in [4.78, 5) is 13.0. The van der Waals surface area contributed by atoms with Crippen molar-refractivity contribution in [2.75, 3.05) is 13.2 Å². The summed E-state index contributed by atoms with van der Waals surface area (Å²) >= 11 is 0. The summed E-state index contributed by atoms with van der Waals surface area (Å²) in [6.07, 6.45) is 50.9. The van der Waals surface area contributed by atoms with Crippen molar-refractivity contribution in [3.63, 3.8) is 0 Å². The number of aliphatic hydroxyl groups excluding tert-OH is 5. The fourth-order valence-corrected chi connectivity index (χ4v) is 9.04. The van der Waals surface area contributed by atoms with E-state index in [4.69, 9.17) is 9.47 Å². The third-order valence-corrected chi connectivity index (χ3v) is 13.5. The van der Waals surface area contributed by atoms with Crippen LogP contribution in [0.15, 0.2) is 24.3 Å². The highest BCUT2D eigenvalue weighted by Crippen LogP contribution is 2.23. The van der Waals surface area contributed by atoms with Crippen LogP contribution in [0, 0.1) is 0 Å². The highest BCUT2D eigenvalue weighted by atomic mass is 16.7. The Bertz CT molecular complexity index is 1070. The van der Waals surface area contributed by atoms with Gasteiger partial charge in [-0.2, -0.15) is 0 Å². The average molecular weight is 922 g/mol. The van der Waals surface area contributed by atoms with Crippen molar-refractivity contribution in [1.82, 2.24) is 5.32 Å². The van der Waals surface area contributed by atoms with Crippen LogP contribution in [-0.4, -0.2) is 87.5 Å². The first kappa shape index (κ1) is 61.7. The third kappa shape index (κ3) is 36.3. The minimum atomic E-state index is -1.57. The Labute approximate surface area is 400 Å². The zero-order chi connectivity index (χ0) is 47.3. The standard InChI is InChI=1S/C56H107NO8/c1-3-5-7-9-11-13-15-17-19-21-23-25-27-29-31-33-35-37-39-41-43-45-50(59)49(48-64-56-55(63)54(62)53(61)51(47-58)65-56)57-52(60)46-44-42-40-38-36-34-32-30-28-26-24-22-20-18-16-14-12-10-8-6-4-2/h22,24,43,45,49-51,53-56,58-59,61-63H,3-21,23,25-42,44,46-48H2,1-2H3,(H,57,60)/b24-22-,45-43+. The van der Waals surface area contributed by atoms with E-state index < -0.39 is 49.5 Å². The summed E-state index contributed by atoms with van der Waals surface area (Å²) in [6.45, 7) is 3.81. The van der Waals surface area contributed by atoms with Gasteiger partial charge in [-0.3, -0.25) is 4.79 Å². The van der Waals surface area contributed by atoms with Crippen LogP contribution in [0.3, 0.4) is 0 Å². The van der Waals surface area contributed by atoms with Crippen molar-refractivity contribution >= 4 is 5.91 Å². The van der Waals surface area contributed by atoms with E-state index >= 15 is 0 Å². The second-order valence-electron chi connectivity index (χ2n) is 19.7. The second kappa shape index (κ2) is 46.4. The summed E-state index contributed by atoms with van der Waals surface area (Å²) in [7, 11) is 0. The van der Waals surface area contributed by atoms with Crippen LogP contribution in [0.25, 0.3) is 0 Å². The van der Waals surface area contributed by atoms with Crippen molar-refractivity contribution < 1.29 is 39.8 Å². The molecule has 6 N–H and O–H groups in total. The fourth-order valence-electron chi connectivity index (χ4n) is 9.04. The molecule has 1 saturated heterocycles. The quantitative estimate of drug-likeness (QED) is 0.0261. The number of aliphatic hydroxyl groups is 5. The Kier molecular flexibility index (Phi) is 44.0. The predicted octanol–water partition coefficient (Wildman–Crippen LogP) is 13.4. The molecule has 0 aromatic heterocycles. The van der Waals surface area contributed by atoms with E-state index in [9.17, 15) is 30.3 Å². The SMILES string of the molecule is CCCCCCCCCC/C=C\CCCCCCCCCCCC(=O)NC(COC1OC(CO)C(O)C(O)C1O)C(O)/C=C/CCCCCCCCCCCCCCCCCCCCC. The molecule has 0 aliphatic carbocycles. The number of hydrogen-bond acceptors (Lipinski definition) is 8. The number of carbonyl (C=O) groups is 1. The molecule has 0 spiro atoms. The molecule has 384 valence electrons. The number of ether oxygens (including phenoxy) is 2. The molecule has 1 fully saturated rings. The molecule has 65 heavy (non-hydrogen) atoms. The van der Waals surface area contributed by atoms with Gasteiger partial charge in [-0.25, -0.2) is 0 Å². The van der Waals surface area contributed by atoms with E-state index in [-0.39, 0.29) is 12.5 Å². The van der Waals surface area contributed by atoms with Crippen molar-refractivity contribution in [3.8, 4) is 0 Å². The van der Waals surface area contributed by atoms with E-state index in [2.05, 4.69) is 31.3 Å². The summed E-state index contributed by atoms with van der Waals surface area (Å²) in [5.74, 6) is -0.175. The Morgan fingerprint density at radius 2 is 0.862 bits per heavy atom. The number of nitrogens with one attached hydrogen (secondary N) is 1. The third-order valence-electron chi connectivity index (χ3n) is 13.5. The molecule has 0 radical (unpaired) electrons. The van der Waals surface area contributed by atoms with Gasteiger partial charge in [0.15, 0.2) is 6.29 Å². The van der Waals surface area contributed by atoms with Crippen molar-refractivity contribution in [1.29, 1.82) is 0 Å². The largest absolute Gasteiger partial charge is 0.394 e. The van der Waals surface area contributed by atoms with Crippen LogP contribution in [0.2, 0.25) is 0 Å². The molecule has 0 aromatic rings. The van der Waals surface area contributed by atoms with Gasteiger partial charge in [0.2, 0.25) is 5.91 Å². The van der Waals surface area contributed by atoms with E-state index in [0.717, 1.165) is 38.5 Å². The highest BCUT2D eigenvalue weighted by Gasteiger charge is 2.44. The fraction of sp³-hybridized carbons (Fsp3) is 0.911. The van der Waals surface area contributed by atoms with E-state index in [1.54, 1.807) is 6.08 Å².